The average Bonchev–Trinajstić information content (AvgIpc) is 3.38. The van der Waals surface area contributed by atoms with Gasteiger partial charge in [0, 0.05) is 5.69 Å². The molecule has 1 aliphatic rings. The molecule has 47 heavy (non-hydrogen) atoms. The Labute approximate surface area is 276 Å². The van der Waals surface area contributed by atoms with Gasteiger partial charge in [-0.2, -0.15) is 0 Å². The van der Waals surface area contributed by atoms with Crippen LogP contribution in [0.25, 0.3) is 6.08 Å². The fourth-order valence-corrected chi connectivity index (χ4v) is 6.50. The number of thiazole rings is 1. The number of anilines is 1. The molecular formula is C38H35N3O5S. The molecule has 0 radical (unpaired) electrons. The highest BCUT2D eigenvalue weighted by Gasteiger charge is 2.32. The number of hydrogen-bond acceptors (Lipinski definition) is 7. The molecule has 9 heteroatoms. The quantitative estimate of drug-likeness (QED) is 0.196. The standard InChI is InChI=1S/C38H35N3O5S/c1-5-45-30-18-16-28(17-19-30)35-34(36(42)40-29-9-7-6-8-10-29)25(3)39-38-41(35)37(43)33(47-38)22-27-15-20-31(32(21-27)44-4)46-23-26-13-11-24(2)12-14-26/h6-22,35H,5,23H2,1-4H3,(H,40,42)/b33-22-/t35-/m0/s1. The molecule has 0 fully saturated rings. The summed E-state index contributed by atoms with van der Waals surface area (Å²) < 4.78 is 19.4. The van der Waals surface area contributed by atoms with E-state index < -0.39 is 6.04 Å². The zero-order valence-corrected chi connectivity index (χ0v) is 27.5. The highest BCUT2D eigenvalue weighted by molar-refractivity contribution is 7.07. The Balaban J connectivity index is 1.37. The minimum absolute atomic E-state index is 0.246. The van der Waals surface area contributed by atoms with E-state index in [1.807, 2.05) is 105 Å². The molecule has 0 unspecified atom stereocenters. The minimum atomic E-state index is -0.695. The zero-order chi connectivity index (χ0) is 32.9. The average molecular weight is 646 g/mol. The number of carbonyl (C=O) groups is 1. The van der Waals surface area contributed by atoms with Gasteiger partial charge in [-0.1, -0.05) is 77.6 Å². The second kappa shape index (κ2) is 13.9. The number of carbonyl (C=O) groups excluding carboxylic acids is 1. The zero-order valence-electron chi connectivity index (χ0n) is 26.7. The number of nitrogens with zero attached hydrogens (tertiary/aromatic N) is 2. The van der Waals surface area contributed by atoms with E-state index in [-0.39, 0.29) is 11.5 Å². The molecule has 8 nitrogen and oxygen atoms in total. The van der Waals surface area contributed by atoms with Crippen molar-refractivity contribution in [3.05, 3.63) is 150 Å². The van der Waals surface area contributed by atoms with Crippen molar-refractivity contribution in [2.75, 3.05) is 19.0 Å². The molecule has 1 aromatic heterocycles. The molecule has 5 aromatic rings. The lowest BCUT2D eigenvalue weighted by molar-refractivity contribution is -0.113. The Hall–Kier alpha value is -5.41. The summed E-state index contributed by atoms with van der Waals surface area (Å²) in [6.07, 6.45) is 1.81. The molecule has 1 atom stereocenters. The monoisotopic (exact) mass is 645 g/mol. The molecule has 1 N–H and O–H groups in total. The third kappa shape index (κ3) is 6.90. The number of methoxy groups -OCH3 is 1. The molecule has 1 amide bonds. The first-order valence-electron chi connectivity index (χ1n) is 15.3. The number of allylic oxidation sites excluding steroid dienone is 1. The maximum atomic E-state index is 14.2. The van der Waals surface area contributed by atoms with E-state index in [1.54, 1.807) is 18.6 Å². The van der Waals surface area contributed by atoms with Crippen molar-refractivity contribution in [2.45, 2.75) is 33.4 Å². The van der Waals surface area contributed by atoms with Gasteiger partial charge in [-0.25, -0.2) is 4.99 Å². The third-order valence-electron chi connectivity index (χ3n) is 7.81. The van der Waals surface area contributed by atoms with Crippen LogP contribution < -0.4 is 34.4 Å². The van der Waals surface area contributed by atoms with E-state index in [0.717, 1.165) is 16.7 Å². The number of fused-ring (bicyclic) bond motifs is 1. The summed E-state index contributed by atoms with van der Waals surface area (Å²) in [7, 11) is 1.59. The van der Waals surface area contributed by atoms with Crippen molar-refractivity contribution in [1.29, 1.82) is 0 Å². The van der Waals surface area contributed by atoms with Gasteiger partial charge in [0.15, 0.2) is 16.3 Å². The van der Waals surface area contributed by atoms with Crippen molar-refractivity contribution in [3.63, 3.8) is 0 Å². The Morgan fingerprint density at radius 1 is 0.936 bits per heavy atom. The second-order valence-corrected chi connectivity index (χ2v) is 12.1. The van der Waals surface area contributed by atoms with Crippen LogP contribution in [0.1, 0.15) is 42.1 Å². The van der Waals surface area contributed by atoms with Gasteiger partial charge in [0.25, 0.3) is 11.5 Å². The van der Waals surface area contributed by atoms with Crippen LogP contribution in [-0.4, -0.2) is 24.2 Å². The van der Waals surface area contributed by atoms with E-state index in [9.17, 15) is 9.59 Å². The van der Waals surface area contributed by atoms with Crippen LogP contribution in [0.2, 0.25) is 0 Å². The summed E-state index contributed by atoms with van der Waals surface area (Å²) in [5, 5.41) is 2.98. The number of aryl methyl sites for hydroxylation is 1. The van der Waals surface area contributed by atoms with Gasteiger partial charge in [0.2, 0.25) is 0 Å². The lowest BCUT2D eigenvalue weighted by Crippen LogP contribution is -2.40. The van der Waals surface area contributed by atoms with Crippen LogP contribution in [0.4, 0.5) is 5.69 Å². The van der Waals surface area contributed by atoms with Crippen molar-refractivity contribution in [3.8, 4) is 17.2 Å². The van der Waals surface area contributed by atoms with E-state index in [0.29, 0.717) is 56.8 Å². The highest BCUT2D eigenvalue weighted by Crippen LogP contribution is 2.32. The SMILES string of the molecule is CCOc1ccc([C@H]2C(C(=O)Nc3ccccc3)=C(C)N=c3s/c(=C\c4ccc(OCc5ccc(C)cc5)c(OC)c4)c(=O)n32)cc1. The fraction of sp³-hybridized carbons (Fsp3) is 0.184. The van der Waals surface area contributed by atoms with Crippen molar-refractivity contribution < 1.29 is 19.0 Å². The molecule has 1 aliphatic heterocycles. The Morgan fingerprint density at radius 3 is 2.38 bits per heavy atom. The van der Waals surface area contributed by atoms with Gasteiger partial charge < -0.3 is 19.5 Å². The first-order valence-corrected chi connectivity index (χ1v) is 16.1. The lowest BCUT2D eigenvalue weighted by atomic mass is 9.95. The normalized spacial score (nSPS) is 14.3. The number of rotatable bonds is 10. The second-order valence-electron chi connectivity index (χ2n) is 11.1. The van der Waals surface area contributed by atoms with E-state index >= 15 is 0 Å². The molecular weight excluding hydrogens is 611 g/mol. The first-order chi connectivity index (χ1) is 22.8. The number of hydrogen-bond donors (Lipinski definition) is 1. The molecule has 0 saturated heterocycles. The largest absolute Gasteiger partial charge is 0.494 e. The van der Waals surface area contributed by atoms with Crippen LogP contribution >= 0.6 is 11.3 Å². The van der Waals surface area contributed by atoms with Gasteiger partial charge in [-0.3, -0.25) is 14.2 Å². The fourth-order valence-electron chi connectivity index (χ4n) is 5.45. The van der Waals surface area contributed by atoms with Gasteiger partial charge in [0.05, 0.1) is 35.6 Å². The first kappa shape index (κ1) is 31.6. The molecule has 2 heterocycles. The molecule has 4 aromatic carbocycles. The summed E-state index contributed by atoms with van der Waals surface area (Å²) in [5.74, 6) is 1.55. The predicted molar refractivity (Wildman–Crippen MR) is 185 cm³/mol. The molecule has 238 valence electrons. The Kier molecular flexibility index (Phi) is 9.35. The van der Waals surface area contributed by atoms with Crippen LogP contribution in [0.15, 0.2) is 118 Å². The van der Waals surface area contributed by atoms with Crippen molar-refractivity contribution >= 4 is 29.0 Å². The number of benzene rings is 4. The predicted octanol–water partition coefficient (Wildman–Crippen LogP) is 6.17. The van der Waals surface area contributed by atoms with Gasteiger partial charge in [-0.05, 0) is 79.9 Å². The number of amides is 1. The number of ether oxygens (including phenoxy) is 3. The van der Waals surface area contributed by atoms with Crippen molar-refractivity contribution in [1.82, 2.24) is 4.57 Å². The maximum Gasteiger partial charge on any atom is 0.271 e. The summed E-state index contributed by atoms with van der Waals surface area (Å²) in [6.45, 7) is 6.71. The molecule has 0 saturated carbocycles. The summed E-state index contributed by atoms with van der Waals surface area (Å²) in [4.78, 5) is 33.2. The van der Waals surface area contributed by atoms with Crippen LogP contribution in [0, 0.1) is 6.92 Å². The molecule has 0 bridgehead atoms. The van der Waals surface area contributed by atoms with Crippen molar-refractivity contribution in [2.24, 2.45) is 4.99 Å². The molecule has 0 aliphatic carbocycles. The van der Waals surface area contributed by atoms with Gasteiger partial charge in [0.1, 0.15) is 12.4 Å². The van der Waals surface area contributed by atoms with Crippen LogP contribution in [0.5, 0.6) is 17.2 Å². The highest BCUT2D eigenvalue weighted by atomic mass is 32.1. The Bertz CT molecular complexity index is 2120. The maximum absolute atomic E-state index is 14.2. The van der Waals surface area contributed by atoms with Gasteiger partial charge in [-0.15, -0.1) is 0 Å². The van der Waals surface area contributed by atoms with E-state index in [1.165, 1.54) is 16.9 Å². The van der Waals surface area contributed by atoms with Gasteiger partial charge >= 0.3 is 0 Å². The lowest BCUT2D eigenvalue weighted by Gasteiger charge is -2.25. The number of nitrogens with one attached hydrogen (secondary N) is 1. The Morgan fingerprint density at radius 2 is 1.68 bits per heavy atom. The van der Waals surface area contributed by atoms with Crippen LogP contribution in [0.3, 0.4) is 0 Å². The molecule has 0 spiro atoms. The van der Waals surface area contributed by atoms with E-state index in [4.69, 9.17) is 19.2 Å². The topological polar surface area (TPSA) is 91.2 Å². The summed E-state index contributed by atoms with van der Waals surface area (Å²) in [5.41, 5.74) is 5.13. The van der Waals surface area contributed by atoms with E-state index in [2.05, 4.69) is 17.4 Å². The number of para-hydroxylation sites is 1. The smallest absolute Gasteiger partial charge is 0.271 e. The third-order valence-corrected chi connectivity index (χ3v) is 8.79. The summed E-state index contributed by atoms with van der Waals surface area (Å²) >= 11 is 1.28. The summed E-state index contributed by atoms with van der Waals surface area (Å²) in [6, 6.07) is 29.8. The minimum Gasteiger partial charge on any atom is -0.494 e. The van der Waals surface area contributed by atoms with Crippen LogP contribution in [-0.2, 0) is 11.4 Å². The number of aromatic nitrogens is 1. The molecule has 6 rings (SSSR count).